The molecule has 0 amide bonds. The predicted octanol–water partition coefficient (Wildman–Crippen LogP) is 3.28. The highest BCUT2D eigenvalue weighted by Gasteiger charge is 2.06. The largest absolute Gasteiger partial charge is 0.490 e. The molecule has 1 aromatic rings. The number of aliphatic imine (C=N–C) groups is 1. The molecule has 0 heterocycles. The minimum Gasteiger partial charge on any atom is -0.490 e. The molecule has 0 bridgehead atoms. The van der Waals surface area contributed by atoms with Crippen LogP contribution in [-0.2, 0) is 0 Å². The maximum Gasteiger partial charge on any atom is 0.183 e. The number of halogens is 1. The van der Waals surface area contributed by atoms with E-state index >= 15 is 0 Å². The Bertz CT molecular complexity index is 497. The molecule has 0 radical (unpaired) electrons. The van der Waals surface area contributed by atoms with E-state index in [2.05, 4.69) is 10.3 Å². The number of nitrogens with zero attached hydrogens (tertiary/aromatic N) is 2. The Hall–Kier alpha value is -1.74. The third kappa shape index (κ3) is 5.18. The van der Waals surface area contributed by atoms with Crippen molar-refractivity contribution in [3.05, 3.63) is 24.0 Å². The van der Waals surface area contributed by atoms with Gasteiger partial charge in [0.2, 0.25) is 0 Å². The van der Waals surface area contributed by atoms with E-state index in [9.17, 15) is 4.39 Å². The quantitative estimate of drug-likeness (QED) is 0.398. The van der Waals surface area contributed by atoms with Gasteiger partial charge in [0.15, 0.2) is 22.9 Å². The number of hydrogen-bond acceptors (Lipinski definition) is 4. The van der Waals surface area contributed by atoms with Crippen molar-refractivity contribution >= 4 is 22.6 Å². The summed E-state index contributed by atoms with van der Waals surface area (Å²) in [6.07, 6.45) is 3.56. The predicted molar refractivity (Wildman–Crippen MR) is 76.1 cm³/mol. The lowest BCUT2D eigenvalue weighted by Crippen LogP contribution is -2.12. The van der Waals surface area contributed by atoms with E-state index < -0.39 is 5.82 Å². The molecule has 6 heteroatoms. The number of thioether (sulfide) groups is 1. The Morgan fingerprint density at radius 3 is 2.84 bits per heavy atom. The first-order valence-corrected chi connectivity index (χ1v) is 6.99. The normalized spacial score (nSPS) is 11.3. The molecule has 1 N–H and O–H groups in total. The van der Waals surface area contributed by atoms with Gasteiger partial charge in [-0.1, -0.05) is 25.6 Å². The monoisotopic (exact) mass is 281 g/mol. The topological polar surface area (TPSA) is 57.4 Å². The summed E-state index contributed by atoms with van der Waals surface area (Å²) >= 11 is 1.28. The Labute approximate surface area is 116 Å². The van der Waals surface area contributed by atoms with Crippen molar-refractivity contribution < 1.29 is 9.13 Å². The van der Waals surface area contributed by atoms with Gasteiger partial charge in [-0.15, -0.1) is 0 Å². The van der Waals surface area contributed by atoms with Gasteiger partial charge in [0.1, 0.15) is 0 Å². The first-order valence-electron chi connectivity index (χ1n) is 5.77. The minimum atomic E-state index is -0.459. The molecule has 19 heavy (non-hydrogen) atoms. The van der Waals surface area contributed by atoms with Crippen LogP contribution in [-0.4, -0.2) is 18.0 Å². The lowest BCUT2D eigenvalue weighted by atomic mass is 10.2. The molecular formula is C13H16FN3OS. The van der Waals surface area contributed by atoms with Gasteiger partial charge in [-0.3, -0.25) is 5.32 Å². The Balaban J connectivity index is 2.84. The van der Waals surface area contributed by atoms with Crippen LogP contribution in [0.2, 0.25) is 0 Å². The SMILES string of the molecule is CSC(=Nc1ccc(OCC(C)C)c(F)c1)NC#N. The molecule has 0 saturated carbocycles. The lowest BCUT2D eigenvalue weighted by Gasteiger charge is -2.09. The molecule has 0 spiro atoms. The van der Waals surface area contributed by atoms with Gasteiger partial charge in [-0.05, 0) is 24.3 Å². The fourth-order valence-corrected chi connectivity index (χ4v) is 1.57. The van der Waals surface area contributed by atoms with Crippen molar-refractivity contribution in [3.8, 4) is 11.9 Å². The zero-order valence-corrected chi connectivity index (χ0v) is 11.9. The molecule has 4 nitrogen and oxygen atoms in total. The van der Waals surface area contributed by atoms with Crippen molar-refractivity contribution in [1.29, 1.82) is 5.26 Å². The number of benzene rings is 1. The lowest BCUT2D eigenvalue weighted by molar-refractivity contribution is 0.259. The zero-order chi connectivity index (χ0) is 14.3. The average Bonchev–Trinajstić information content (AvgIpc) is 2.37. The van der Waals surface area contributed by atoms with Crippen molar-refractivity contribution in [3.63, 3.8) is 0 Å². The molecule has 0 fully saturated rings. The molecule has 1 aromatic carbocycles. The van der Waals surface area contributed by atoms with Crippen molar-refractivity contribution in [2.24, 2.45) is 10.9 Å². The third-order valence-electron chi connectivity index (χ3n) is 2.07. The van der Waals surface area contributed by atoms with Gasteiger partial charge in [-0.2, -0.15) is 5.26 Å². The van der Waals surface area contributed by atoms with Gasteiger partial charge < -0.3 is 4.74 Å². The van der Waals surface area contributed by atoms with Gasteiger partial charge in [0.05, 0.1) is 12.3 Å². The van der Waals surface area contributed by atoms with E-state index in [0.29, 0.717) is 23.4 Å². The van der Waals surface area contributed by atoms with E-state index in [-0.39, 0.29) is 5.75 Å². The van der Waals surface area contributed by atoms with E-state index in [4.69, 9.17) is 10.00 Å². The first-order chi connectivity index (χ1) is 9.06. The number of rotatable bonds is 4. The van der Waals surface area contributed by atoms with Crippen LogP contribution in [0.25, 0.3) is 0 Å². The van der Waals surface area contributed by atoms with Crippen molar-refractivity contribution in [2.75, 3.05) is 12.9 Å². The second-order valence-electron chi connectivity index (χ2n) is 4.18. The highest BCUT2D eigenvalue weighted by Crippen LogP contribution is 2.24. The maximum atomic E-state index is 13.8. The molecule has 0 atom stereocenters. The molecule has 0 aliphatic carbocycles. The van der Waals surface area contributed by atoms with Gasteiger partial charge in [0, 0.05) is 6.07 Å². The molecule has 0 aliphatic rings. The summed E-state index contributed by atoms with van der Waals surface area (Å²) in [6, 6.07) is 4.47. The molecule has 0 unspecified atom stereocenters. The van der Waals surface area contributed by atoms with Crippen LogP contribution in [0.5, 0.6) is 5.75 Å². The molecule has 0 aliphatic heterocycles. The molecule has 0 saturated heterocycles. The van der Waals surface area contributed by atoms with Crippen LogP contribution >= 0.6 is 11.8 Å². The summed E-state index contributed by atoms with van der Waals surface area (Å²) in [5.74, 6) is 0.0888. The molecule has 1 rings (SSSR count). The van der Waals surface area contributed by atoms with Gasteiger partial charge in [0.25, 0.3) is 0 Å². The van der Waals surface area contributed by atoms with Crippen LogP contribution < -0.4 is 10.1 Å². The Morgan fingerprint density at radius 2 is 2.32 bits per heavy atom. The summed E-state index contributed by atoms with van der Waals surface area (Å²) < 4.78 is 19.1. The fourth-order valence-electron chi connectivity index (χ4n) is 1.22. The summed E-state index contributed by atoms with van der Waals surface area (Å²) in [4.78, 5) is 4.11. The molecular weight excluding hydrogens is 265 g/mol. The number of nitrogens with one attached hydrogen (secondary N) is 1. The summed E-state index contributed by atoms with van der Waals surface area (Å²) in [6.45, 7) is 4.45. The van der Waals surface area contributed by atoms with Crippen LogP contribution in [0.15, 0.2) is 23.2 Å². The number of amidine groups is 1. The number of ether oxygens (including phenoxy) is 1. The van der Waals surface area contributed by atoms with Crippen LogP contribution in [0.4, 0.5) is 10.1 Å². The zero-order valence-electron chi connectivity index (χ0n) is 11.1. The standard InChI is InChI=1S/C13H16FN3OS/c1-9(2)7-18-12-5-4-10(6-11(12)14)17-13(19-3)16-8-15/h4-6,9H,7H2,1-3H3,(H,16,17). The maximum absolute atomic E-state index is 13.8. The minimum absolute atomic E-state index is 0.214. The second kappa shape index (κ2) is 7.64. The summed E-state index contributed by atoms with van der Waals surface area (Å²) in [7, 11) is 0. The highest BCUT2D eigenvalue weighted by atomic mass is 32.2. The average molecular weight is 281 g/mol. The number of nitriles is 1. The van der Waals surface area contributed by atoms with Crippen LogP contribution in [0, 0.1) is 23.2 Å². The summed E-state index contributed by atoms with van der Waals surface area (Å²) in [5.41, 5.74) is 0.432. The second-order valence-corrected chi connectivity index (χ2v) is 4.97. The van der Waals surface area contributed by atoms with Gasteiger partial charge >= 0.3 is 0 Å². The fraction of sp³-hybridized carbons (Fsp3) is 0.385. The smallest absolute Gasteiger partial charge is 0.183 e. The van der Waals surface area contributed by atoms with Gasteiger partial charge in [-0.25, -0.2) is 9.38 Å². The van der Waals surface area contributed by atoms with E-state index in [0.717, 1.165) is 0 Å². The van der Waals surface area contributed by atoms with Crippen molar-refractivity contribution in [1.82, 2.24) is 5.32 Å². The molecule has 0 aromatic heterocycles. The van der Waals surface area contributed by atoms with Crippen LogP contribution in [0.3, 0.4) is 0 Å². The Morgan fingerprint density at radius 1 is 1.58 bits per heavy atom. The first kappa shape index (κ1) is 15.3. The Kier molecular flexibility index (Phi) is 6.16. The molecule has 102 valence electrons. The highest BCUT2D eigenvalue weighted by molar-refractivity contribution is 8.13. The van der Waals surface area contributed by atoms with E-state index in [1.807, 2.05) is 13.8 Å². The van der Waals surface area contributed by atoms with E-state index in [1.54, 1.807) is 24.6 Å². The van der Waals surface area contributed by atoms with E-state index in [1.165, 1.54) is 17.8 Å². The third-order valence-corrected chi connectivity index (χ3v) is 2.65. The van der Waals surface area contributed by atoms with Crippen molar-refractivity contribution in [2.45, 2.75) is 13.8 Å². The van der Waals surface area contributed by atoms with Crippen LogP contribution in [0.1, 0.15) is 13.8 Å². The summed E-state index contributed by atoms with van der Waals surface area (Å²) in [5, 5.41) is 11.4. The number of hydrogen-bond donors (Lipinski definition) is 1.